The number of unbranched alkanes of at least 4 members (excludes halogenated alkanes) is 1. The zero-order valence-electron chi connectivity index (χ0n) is 11.1. The van der Waals surface area contributed by atoms with Gasteiger partial charge in [-0.25, -0.2) is 0 Å². The number of fused-ring (bicyclic) bond motifs is 1. The van der Waals surface area contributed by atoms with Gasteiger partial charge in [0.1, 0.15) is 5.75 Å². The van der Waals surface area contributed by atoms with E-state index < -0.39 is 5.97 Å². The van der Waals surface area contributed by atoms with Crippen LogP contribution in [0.3, 0.4) is 0 Å². The quantitative estimate of drug-likeness (QED) is 0.804. The summed E-state index contributed by atoms with van der Waals surface area (Å²) < 4.78 is 5.72. The smallest absolute Gasteiger partial charge is 0.307 e. The molecule has 0 unspecified atom stereocenters. The molecule has 3 heteroatoms. The molecule has 2 rings (SSSR count). The second-order valence-corrected chi connectivity index (χ2v) is 4.54. The highest BCUT2D eigenvalue weighted by atomic mass is 16.5. The van der Waals surface area contributed by atoms with Crippen LogP contribution in [0.25, 0.3) is 10.8 Å². The fourth-order valence-electron chi connectivity index (χ4n) is 2.11. The fraction of sp³-hybridized carbons (Fsp3) is 0.312. The van der Waals surface area contributed by atoms with Gasteiger partial charge in [0.15, 0.2) is 0 Å². The third kappa shape index (κ3) is 3.25. The number of ether oxygens (including phenoxy) is 1. The lowest BCUT2D eigenvalue weighted by Crippen LogP contribution is -2.05. The standard InChI is InChI=1S/C16H18O3/c1-2-3-10-19-15-9-8-12-6-4-5-7-13(12)14(15)11-16(17)18/h4-9H,2-3,10-11H2,1H3,(H,17,18). The lowest BCUT2D eigenvalue weighted by atomic mass is 10.0. The summed E-state index contributed by atoms with van der Waals surface area (Å²) >= 11 is 0. The highest BCUT2D eigenvalue weighted by Gasteiger charge is 2.12. The highest BCUT2D eigenvalue weighted by molar-refractivity contribution is 5.90. The second kappa shape index (κ2) is 6.23. The van der Waals surface area contributed by atoms with Gasteiger partial charge in [-0.1, -0.05) is 43.7 Å². The van der Waals surface area contributed by atoms with E-state index in [4.69, 9.17) is 9.84 Å². The lowest BCUT2D eigenvalue weighted by molar-refractivity contribution is -0.136. The third-order valence-corrected chi connectivity index (χ3v) is 3.08. The predicted octanol–water partition coefficient (Wildman–Crippen LogP) is 3.65. The minimum absolute atomic E-state index is 0.0111. The molecular formula is C16H18O3. The molecule has 0 aliphatic rings. The molecule has 0 fully saturated rings. The zero-order chi connectivity index (χ0) is 13.7. The maximum Gasteiger partial charge on any atom is 0.307 e. The number of benzene rings is 2. The minimum Gasteiger partial charge on any atom is -0.493 e. The molecule has 0 saturated carbocycles. The van der Waals surface area contributed by atoms with Crippen molar-refractivity contribution in [3.05, 3.63) is 42.0 Å². The molecule has 0 heterocycles. The molecule has 0 aliphatic carbocycles. The topological polar surface area (TPSA) is 46.5 Å². The molecule has 3 nitrogen and oxygen atoms in total. The first kappa shape index (κ1) is 13.4. The van der Waals surface area contributed by atoms with Crippen LogP contribution in [0.4, 0.5) is 0 Å². The van der Waals surface area contributed by atoms with Gasteiger partial charge < -0.3 is 9.84 Å². The first-order valence-electron chi connectivity index (χ1n) is 6.57. The van der Waals surface area contributed by atoms with Crippen molar-refractivity contribution in [3.63, 3.8) is 0 Å². The van der Waals surface area contributed by atoms with Crippen molar-refractivity contribution in [1.29, 1.82) is 0 Å². The van der Waals surface area contributed by atoms with Crippen molar-refractivity contribution in [3.8, 4) is 5.75 Å². The van der Waals surface area contributed by atoms with Crippen LogP contribution in [0.15, 0.2) is 36.4 Å². The Kier molecular flexibility index (Phi) is 4.39. The number of carboxylic acids is 1. The molecule has 0 aliphatic heterocycles. The summed E-state index contributed by atoms with van der Waals surface area (Å²) in [5, 5.41) is 11.1. The number of carboxylic acid groups (broad SMARTS) is 1. The first-order valence-corrected chi connectivity index (χ1v) is 6.57. The van der Waals surface area contributed by atoms with Gasteiger partial charge in [0.25, 0.3) is 0 Å². The Hall–Kier alpha value is -2.03. The normalized spacial score (nSPS) is 10.6. The summed E-state index contributed by atoms with van der Waals surface area (Å²) in [5.74, 6) is -0.147. The van der Waals surface area contributed by atoms with Crippen LogP contribution in [0, 0.1) is 0 Å². The van der Waals surface area contributed by atoms with E-state index in [1.165, 1.54) is 0 Å². The predicted molar refractivity (Wildman–Crippen MR) is 75.7 cm³/mol. The summed E-state index contributed by atoms with van der Waals surface area (Å²) in [6, 6.07) is 11.6. The molecule has 0 saturated heterocycles. The van der Waals surface area contributed by atoms with Gasteiger partial charge >= 0.3 is 5.97 Å². The van der Waals surface area contributed by atoms with Gasteiger partial charge in [-0.15, -0.1) is 0 Å². The van der Waals surface area contributed by atoms with E-state index in [1.807, 2.05) is 36.4 Å². The molecule has 0 bridgehead atoms. The van der Waals surface area contributed by atoms with Gasteiger partial charge in [-0.05, 0) is 23.3 Å². The van der Waals surface area contributed by atoms with E-state index in [0.29, 0.717) is 12.4 Å². The number of aliphatic carboxylic acids is 1. The van der Waals surface area contributed by atoms with Crippen molar-refractivity contribution in [2.24, 2.45) is 0 Å². The van der Waals surface area contributed by atoms with Crippen LogP contribution in [0.2, 0.25) is 0 Å². The van der Waals surface area contributed by atoms with Crippen LogP contribution in [0.1, 0.15) is 25.3 Å². The molecular weight excluding hydrogens is 240 g/mol. The summed E-state index contributed by atoms with van der Waals surface area (Å²) in [6.45, 7) is 2.73. The summed E-state index contributed by atoms with van der Waals surface area (Å²) in [6.07, 6.45) is 2.02. The van der Waals surface area contributed by atoms with Crippen LogP contribution < -0.4 is 4.74 Å². The van der Waals surface area contributed by atoms with Gasteiger partial charge in [-0.2, -0.15) is 0 Å². The third-order valence-electron chi connectivity index (χ3n) is 3.08. The Morgan fingerprint density at radius 3 is 2.74 bits per heavy atom. The maximum atomic E-state index is 11.0. The molecule has 1 N–H and O–H groups in total. The van der Waals surface area contributed by atoms with Crippen LogP contribution in [0.5, 0.6) is 5.75 Å². The molecule has 0 spiro atoms. The SMILES string of the molecule is CCCCOc1ccc2ccccc2c1CC(=O)O. The average molecular weight is 258 g/mol. The van der Waals surface area contributed by atoms with Gasteiger partial charge in [-0.3, -0.25) is 4.79 Å². The van der Waals surface area contributed by atoms with Gasteiger partial charge in [0.05, 0.1) is 13.0 Å². The van der Waals surface area contributed by atoms with Crippen LogP contribution >= 0.6 is 0 Å². The summed E-state index contributed by atoms with van der Waals surface area (Å²) in [5.41, 5.74) is 0.765. The monoisotopic (exact) mass is 258 g/mol. The minimum atomic E-state index is -0.836. The fourth-order valence-corrected chi connectivity index (χ4v) is 2.11. The molecule has 2 aromatic rings. The molecule has 0 atom stereocenters. The number of carbonyl (C=O) groups is 1. The van der Waals surface area contributed by atoms with Gasteiger partial charge in [0, 0.05) is 5.56 Å². The Labute approximate surface area is 112 Å². The number of rotatable bonds is 6. The Bertz CT molecular complexity index is 575. The summed E-state index contributed by atoms with van der Waals surface area (Å²) in [7, 11) is 0. The largest absolute Gasteiger partial charge is 0.493 e. The Balaban J connectivity index is 2.40. The first-order chi connectivity index (χ1) is 9.22. The van der Waals surface area contributed by atoms with E-state index in [2.05, 4.69) is 6.92 Å². The average Bonchev–Trinajstić information content (AvgIpc) is 2.41. The molecule has 0 amide bonds. The van der Waals surface area contributed by atoms with E-state index >= 15 is 0 Å². The van der Waals surface area contributed by atoms with Crippen molar-refractivity contribution in [2.75, 3.05) is 6.61 Å². The Morgan fingerprint density at radius 1 is 1.21 bits per heavy atom. The van der Waals surface area contributed by atoms with Crippen molar-refractivity contribution in [1.82, 2.24) is 0 Å². The lowest BCUT2D eigenvalue weighted by Gasteiger charge is -2.13. The van der Waals surface area contributed by atoms with E-state index in [0.717, 1.165) is 29.2 Å². The molecule has 0 aromatic heterocycles. The maximum absolute atomic E-state index is 11.0. The van der Waals surface area contributed by atoms with E-state index in [-0.39, 0.29) is 6.42 Å². The van der Waals surface area contributed by atoms with Crippen LogP contribution in [-0.4, -0.2) is 17.7 Å². The molecule has 0 radical (unpaired) electrons. The van der Waals surface area contributed by atoms with Gasteiger partial charge in [0.2, 0.25) is 0 Å². The highest BCUT2D eigenvalue weighted by Crippen LogP contribution is 2.28. The van der Waals surface area contributed by atoms with Crippen molar-refractivity contribution < 1.29 is 14.6 Å². The number of hydrogen-bond acceptors (Lipinski definition) is 2. The molecule has 2 aromatic carbocycles. The molecule has 19 heavy (non-hydrogen) atoms. The van der Waals surface area contributed by atoms with E-state index in [1.54, 1.807) is 0 Å². The molecule has 100 valence electrons. The Morgan fingerprint density at radius 2 is 2.00 bits per heavy atom. The zero-order valence-corrected chi connectivity index (χ0v) is 11.1. The van der Waals surface area contributed by atoms with Crippen LogP contribution in [-0.2, 0) is 11.2 Å². The summed E-state index contributed by atoms with van der Waals surface area (Å²) in [4.78, 5) is 11.0. The van der Waals surface area contributed by atoms with E-state index in [9.17, 15) is 4.79 Å². The second-order valence-electron chi connectivity index (χ2n) is 4.54. The number of hydrogen-bond donors (Lipinski definition) is 1. The van der Waals surface area contributed by atoms with Crippen molar-refractivity contribution in [2.45, 2.75) is 26.2 Å². The van der Waals surface area contributed by atoms with Crippen molar-refractivity contribution >= 4 is 16.7 Å².